The molecule has 0 amide bonds. The molecule has 0 N–H and O–H groups in total. The fraction of sp³-hybridized carbons (Fsp3) is 0.455. The molecule has 22 heavy (non-hydrogen) atoms. The van der Waals surface area contributed by atoms with E-state index in [0.717, 1.165) is 11.0 Å². The second kappa shape index (κ2) is 6.92. The zero-order valence-electron chi connectivity index (χ0n) is 12.8. The van der Waals surface area contributed by atoms with Crippen molar-refractivity contribution < 1.29 is 26.7 Å². The molecule has 0 saturated heterocycles. The van der Waals surface area contributed by atoms with Crippen LogP contribution in [-0.2, 0) is 0 Å². The maximum atomic E-state index is 9.75. The Morgan fingerprint density at radius 2 is 1.73 bits per heavy atom. The minimum atomic E-state index is -6.00. The number of para-hydroxylation sites is 1. The van der Waals surface area contributed by atoms with Gasteiger partial charge in [-0.3, -0.25) is 0 Å². The average molecular weight is 323 g/mol. The van der Waals surface area contributed by atoms with Crippen LogP contribution >= 0.6 is 0 Å². The van der Waals surface area contributed by atoms with Crippen LogP contribution in [0.2, 0.25) is 0 Å². The maximum Gasteiger partial charge on any atom is 0.673 e. The molecule has 0 radical (unpaired) electrons. The fourth-order valence-electron chi connectivity index (χ4n) is 1.25. The number of benzene rings is 1. The van der Waals surface area contributed by atoms with Gasteiger partial charge in [-0.2, -0.15) is 5.01 Å². The fourth-order valence-corrected chi connectivity index (χ4v) is 1.25. The number of aromatic nitrogens is 3. The van der Waals surface area contributed by atoms with Gasteiger partial charge in [-0.05, 0) is 17.3 Å². The normalized spacial score (nSPS) is 12.2. The topological polar surface area (TPSA) is 43.2 Å². The standard InChI is InChI=1S/C11H18N5O.BF4/c1-14(2)16(3,4)9-17-15-11-8-6-5-7-10(11)12-13-15;2-1(3,4)5/h5-8H,9H2,1-4H3;/q+1;-1. The van der Waals surface area contributed by atoms with Gasteiger partial charge in [-0.25, -0.2) is 4.59 Å². The van der Waals surface area contributed by atoms with Crippen molar-refractivity contribution in [1.29, 1.82) is 0 Å². The highest BCUT2D eigenvalue weighted by Gasteiger charge is 2.21. The monoisotopic (exact) mass is 323 g/mol. The number of hydrogen-bond donors (Lipinski definition) is 0. The van der Waals surface area contributed by atoms with Crippen LogP contribution in [0, 0.1) is 0 Å². The molecule has 11 heteroatoms. The van der Waals surface area contributed by atoms with Crippen molar-refractivity contribution in [2.75, 3.05) is 34.9 Å². The lowest BCUT2D eigenvalue weighted by atomic mass is 10.3. The Bertz CT molecular complexity index is 595. The summed E-state index contributed by atoms with van der Waals surface area (Å²) in [5.74, 6) is 0. The zero-order chi connectivity index (χ0) is 17.0. The Kier molecular flexibility index (Phi) is 5.72. The molecule has 0 aliphatic heterocycles. The summed E-state index contributed by atoms with van der Waals surface area (Å²) in [6, 6.07) is 7.72. The lowest BCUT2D eigenvalue weighted by molar-refractivity contribution is -1.01. The van der Waals surface area contributed by atoms with E-state index in [4.69, 9.17) is 4.84 Å². The number of rotatable bonds is 4. The van der Waals surface area contributed by atoms with E-state index < -0.39 is 7.25 Å². The summed E-state index contributed by atoms with van der Waals surface area (Å²) in [6.07, 6.45) is 0. The summed E-state index contributed by atoms with van der Waals surface area (Å²) >= 11 is 0. The first-order valence-corrected chi connectivity index (χ1v) is 6.32. The van der Waals surface area contributed by atoms with Crippen molar-refractivity contribution >= 4 is 18.3 Å². The third-order valence-corrected chi connectivity index (χ3v) is 2.90. The van der Waals surface area contributed by atoms with Gasteiger partial charge in [0.1, 0.15) is 11.0 Å². The summed E-state index contributed by atoms with van der Waals surface area (Å²) in [5, 5.41) is 10.1. The van der Waals surface area contributed by atoms with Gasteiger partial charge in [0.05, 0.1) is 14.1 Å². The van der Waals surface area contributed by atoms with Crippen LogP contribution < -0.4 is 4.84 Å². The molecule has 0 fully saturated rings. The van der Waals surface area contributed by atoms with Crippen molar-refractivity contribution in [3.63, 3.8) is 0 Å². The van der Waals surface area contributed by atoms with Crippen LogP contribution in [0.4, 0.5) is 17.3 Å². The number of halogens is 4. The lowest BCUT2D eigenvalue weighted by Gasteiger charge is -2.33. The van der Waals surface area contributed by atoms with Crippen LogP contribution in [0.25, 0.3) is 11.0 Å². The third-order valence-electron chi connectivity index (χ3n) is 2.90. The molecule has 0 spiro atoms. The molecule has 0 aliphatic rings. The van der Waals surface area contributed by atoms with Gasteiger partial charge in [0.15, 0.2) is 0 Å². The minimum absolute atomic E-state index is 0.486. The summed E-state index contributed by atoms with van der Waals surface area (Å²) in [4.78, 5) is 7.13. The molecule has 0 bridgehead atoms. The predicted molar refractivity (Wildman–Crippen MR) is 75.0 cm³/mol. The summed E-state index contributed by atoms with van der Waals surface area (Å²) in [5.41, 5.74) is 1.72. The molecular weight excluding hydrogens is 305 g/mol. The Morgan fingerprint density at radius 3 is 2.27 bits per heavy atom. The van der Waals surface area contributed by atoms with E-state index in [-0.39, 0.29) is 0 Å². The summed E-state index contributed by atoms with van der Waals surface area (Å²) in [7, 11) is 2.11. The SMILES string of the molecule is CN(C)[N+](C)(C)COn1nnc2ccccc21.F[B-](F)(F)F. The molecule has 1 aromatic heterocycles. The molecular formula is C11H18BF4N5O. The van der Waals surface area contributed by atoms with E-state index in [9.17, 15) is 17.3 Å². The Balaban J connectivity index is 0.000000422. The molecule has 2 aromatic rings. The Morgan fingerprint density at radius 1 is 1.18 bits per heavy atom. The van der Waals surface area contributed by atoms with Crippen molar-refractivity contribution in [2.45, 2.75) is 0 Å². The van der Waals surface area contributed by atoms with Gasteiger partial charge < -0.3 is 22.1 Å². The first-order chi connectivity index (χ1) is 10.0. The minimum Gasteiger partial charge on any atom is -0.418 e. The van der Waals surface area contributed by atoms with Gasteiger partial charge in [0.2, 0.25) is 0 Å². The Hall–Kier alpha value is -1.88. The van der Waals surface area contributed by atoms with Gasteiger partial charge >= 0.3 is 7.25 Å². The largest absolute Gasteiger partial charge is 0.673 e. The second-order valence-electron chi connectivity index (χ2n) is 5.17. The first kappa shape index (κ1) is 18.2. The van der Waals surface area contributed by atoms with Crippen LogP contribution in [-0.4, -0.2) is 66.9 Å². The van der Waals surface area contributed by atoms with Crippen molar-refractivity contribution in [1.82, 2.24) is 20.2 Å². The number of hydrogen-bond acceptors (Lipinski definition) is 4. The van der Waals surface area contributed by atoms with E-state index in [0.29, 0.717) is 11.3 Å². The molecule has 0 unspecified atom stereocenters. The van der Waals surface area contributed by atoms with Crippen molar-refractivity contribution in [3.8, 4) is 0 Å². The van der Waals surface area contributed by atoms with Crippen LogP contribution in [0.15, 0.2) is 24.3 Å². The van der Waals surface area contributed by atoms with E-state index in [1.165, 1.54) is 4.85 Å². The number of fused-ring (bicyclic) bond motifs is 1. The summed E-state index contributed by atoms with van der Waals surface area (Å²) < 4.78 is 39.6. The molecule has 0 aliphatic carbocycles. The van der Waals surface area contributed by atoms with Crippen molar-refractivity contribution in [2.24, 2.45) is 0 Å². The Labute approximate surface area is 125 Å². The van der Waals surface area contributed by atoms with Gasteiger partial charge in [0.25, 0.3) is 6.73 Å². The van der Waals surface area contributed by atoms with E-state index in [1.54, 1.807) is 0 Å². The van der Waals surface area contributed by atoms with Crippen LogP contribution in [0.1, 0.15) is 0 Å². The first-order valence-electron chi connectivity index (χ1n) is 6.32. The molecule has 124 valence electrons. The number of nitrogens with zero attached hydrogens (tertiary/aromatic N) is 5. The second-order valence-corrected chi connectivity index (χ2v) is 5.17. The van der Waals surface area contributed by atoms with E-state index in [2.05, 4.69) is 29.4 Å². The van der Waals surface area contributed by atoms with Gasteiger partial charge in [-0.15, -0.1) is 5.10 Å². The molecule has 6 nitrogen and oxygen atoms in total. The quantitative estimate of drug-likeness (QED) is 0.282. The van der Waals surface area contributed by atoms with E-state index >= 15 is 0 Å². The lowest BCUT2D eigenvalue weighted by Crippen LogP contribution is -2.53. The smallest absolute Gasteiger partial charge is 0.418 e. The predicted octanol–water partition coefficient (Wildman–Crippen LogP) is 1.67. The highest BCUT2D eigenvalue weighted by Crippen LogP contribution is 2.09. The highest BCUT2D eigenvalue weighted by atomic mass is 19.5. The molecule has 0 saturated carbocycles. The van der Waals surface area contributed by atoms with Gasteiger partial charge in [-0.1, -0.05) is 17.0 Å². The van der Waals surface area contributed by atoms with Crippen LogP contribution in [0.3, 0.4) is 0 Å². The summed E-state index contributed by atoms with van der Waals surface area (Å²) in [6.45, 7) is 0.486. The van der Waals surface area contributed by atoms with Crippen LogP contribution in [0.5, 0.6) is 0 Å². The number of quaternary nitrogens is 1. The third kappa shape index (κ3) is 5.86. The zero-order valence-corrected chi connectivity index (χ0v) is 12.8. The average Bonchev–Trinajstić information content (AvgIpc) is 2.77. The van der Waals surface area contributed by atoms with E-state index in [1.807, 2.05) is 38.4 Å². The molecule has 2 rings (SSSR count). The van der Waals surface area contributed by atoms with Crippen molar-refractivity contribution in [3.05, 3.63) is 24.3 Å². The molecule has 1 aromatic carbocycles. The maximum absolute atomic E-state index is 9.75. The molecule has 1 heterocycles. The van der Waals surface area contributed by atoms with Gasteiger partial charge in [0, 0.05) is 14.1 Å². The molecule has 0 atom stereocenters. The highest BCUT2D eigenvalue weighted by molar-refractivity contribution is 6.50.